The number of hydrogen-bond donors (Lipinski definition) is 5. The third kappa shape index (κ3) is 5.94. The van der Waals surface area contributed by atoms with Crippen LogP contribution in [0, 0.1) is 0 Å². The van der Waals surface area contributed by atoms with E-state index in [1.165, 1.54) is 0 Å². The Morgan fingerprint density at radius 1 is 1.18 bits per heavy atom. The minimum atomic E-state index is -0.599. The van der Waals surface area contributed by atoms with E-state index in [0.717, 1.165) is 34.1 Å². The van der Waals surface area contributed by atoms with Gasteiger partial charge in [-0.1, -0.05) is 25.1 Å². The van der Waals surface area contributed by atoms with E-state index in [-0.39, 0.29) is 5.91 Å². The highest BCUT2D eigenvalue weighted by Gasteiger charge is 2.13. The zero-order valence-corrected chi connectivity index (χ0v) is 19.2. The Bertz CT molecular complexity index is 1210. The molecule has 1 heterocycles. The fraction of sp³-hybridized carbons (Fsp3) is 0.240. The predicted octanol–water partition coefficient (Wildman–Crippen LogP) is 3.57. The molecule has 2 aromatic carbocycles. The van der Waals surface area contributed by atoms with Crippen LogP contribution in [0.25, 0.3) is 16.5 Å². The first-order valence-corrected chi connectivity index (χ1v) is 10.9. The van der Waals surface area contributed by atoms with E-state index in [0.29, 0.717) is 29.6 Å². The van der Waals surface area contributed by atoms with E-state index in [1.807, 2.05) is 68.5 Å². The number of allylic oxidation sites excluding steroid dienone is 4. The number of aromatic nitrogens is 2. The summed E-state index contributed by atoms with van der Waals surface area (Å²) in [5.41, 5.74) is 22.1. The van der Waals surface area contributed by atoms with E-state index in [1.54, 1.807) is 6.92 Å². The van der Waals surface area contributed by atoms with Gasteiger partial charge < -0.3 is 27.8 Å². The van der Waals surface area contributed by atoms with Crippen molar-refractivity contribution < 1.29 is 4.79 Å². The van der Waals surface area contributed by atoms with Crippen LogP contribution in [0.1, 0.15) is 38.6 Å². The Morgan fingerprint density at radius 3 is 2.64 bits per heavy atom. The molecule has 0 aliphatic rings. The number of anilines is 3. The second-order valence-electron chi connectivity index (χ2n) is 7.83. The van der Waals surface area contributed by atoms with Gasteiger partial charge in [-0.15, -0.1) is 0 Å². The van der Waals surface area contributed by atoms with Crippen LogP contribution < -0.4 is 27.8 Å². The number of carbonyl (C=O) groups is 1. The van der Waals surface area contributed by atoms with Crippen LogP contribution in [0.2, 0.25) is 0 Å². The van der Waals surface area contributed by atoms with Gasteiger partial charge in [0.15, 0.2) is 5.82 Å². The van der Waals surface area contributed by atoms with Crippen molar-refractivity contribution in [3.8, 4) is 0 Å². The van der Waals surface area contributed by atoms with Gasteiger partial charge in [0.2, 0.25) is 5.91 Å². The van der Waals surface area contributed by atoms with Crippen LogP contribution >= 0.6 is 0 Å². The molecular formula is C25H31N7O. The second-order valence-corrected chi connectivity index (χ2v) is 7.83. The summed E-state index contributed by atoms with van der Waals surface area (Å²) in [5, 5.41) is 7.08. The molecule has 8 heteroatoms. The summed E-state index contributed by atoms with van der Waals surface area (Å²) in [7, 11) is 0. The Labute approximate surface area is 194 Å². The minimum absolute atomic E-state index is 0.250. The van der Waals surface area contributed by atoms with Crippen LogP contribution in [0.4, 0.5) is 17.2 Å². The summed E-state index contributed by atoms with van der Waals surface area (Å²) in [6.45, 7) is 5.83. The molecule has 0 bridgehead atoms. The molecule has 8 nitrogen and oxygen atoms in total. The van der Waals surface area contributed by atoms with Gasteiger partial charge in [-0.3, -0.25) is 4.79 Å². The Morgan fingerprint density at radius 2 is 1.94 bits per heavy atom. The van der Waals surface area contributed by atoms with E-state index >= 15 is 0 Å². The molecule has 0 aliphatic heterocycles. The van der Waals surface area contributed by atoms with Gasteiger partial charge in [-0.05, 0) is 62.2 Å². The fourth-order valence-corrected chi connectivity index (χ4v) is 3.31. The monoisotopic (exact) mass is 445 g/mol. The Hall–Kier alpha value is -3.75. The highest BCUT2D eigenvalue weighted by atomic mass is 16.2. The number of nitrogens with one attached hydrogen (secondary N) is 2. The molecule has 1 unspecified atom stereocenters. The summed E-state index contributed by atoms with van der Waals surface area (Å²) in [4.78, 5) is 21.6. The maximum absolute atomic E-state index is 12.0. The highest BCUT2D eigenvalue weighted by Crippen LogP contribution is 2.28. The lowest BCUT2D eigenvalue weighted by Gasteiger charge is -2.14. The van der Waals surface area contributed by atoms with Crippen molar-refractivity contribution in [3.63, 3.8) is 0 Å². The molecule has 0 fully saturated rings. The van der Waals surface area contributed by atoms with Gasteiger partial charge in [-0.25, -0.2) is 9.97 Å². The number of nitrogens with zero attached hydrogens (tertiary/aromatic N) is 2. The molecule has 1 amide bonds. The molecule has 3 aromatic rings. The van der Waals surface area contributed by atoms with Crippen molar-refractivity contribution in [1.29, 1.82) is 0 Å². The van der Waals surface area contributed by atoms with Crippen LogP contribution in [-0.2, 0) is 11.3 Å². The molecule has 172 valence electrons. The van der Waals surface area contributed by atoms with Crippen molar-refractivity contribution in [3.05, 3.63) is 71.7 Å². The smallest absolute Gasteiger partial charge is 0.240 e. The molecule has 8 N–H and O–H groups in total. The van der Waals surface area contributed by atoms with E-state index in [4.69, 9.17) is 27.2 Å². The number of fused-ring (bicyclic) bond motifs is 1. The zero-order valence-electron chi connectivity index (χ0n) is 19.2. The molecule has 1 atom stereocenters. The number of benzene rings is 2. The molecule has 0 saturated carbocycles. The SMILES string of the molecule is CC/C=C(\C=C(/C)NC(=O)C(C)N)c1nc(Nc2ccc(N)c(CN)c2)c2ccccc2n1. The highest BCUT2D eigenvalue weighted by molar-refractivity contribution is 5.92. The molecular weight excluding hydrogens is 414 g/mol. The lowest BCUT2D eigenvalue weighted by molar-refractivity contribution is -0.121. The van der Waals surface area contributed by atoms with Crippen molar-refractivity contribution in [1.82, 2.24) is 15.3 Å². The summed E-state index contributed by atoms with van der Waals surface area (Å²) in [6, 6.07) is 12.8. The molecule has 0 spiro atoms. The van der Waals surface area contributed by atoms with Gasteiger partial charge in [0, 0.05) is 34.6 Å². The van der Waals surface area contributed by atoms with Crippen LogP contribution in [0.5, 0.6) is 0 Å². The van der Waals surface area contributed by atoms with E-state index < -0.39 is 6.04 Å². The van der Waals surface area contributed by atoms with Crippen molar-refractivity contribution in [2.75, 3.05) is 11.1 Å². The van der Waals surface area contributed by atoms with Gasteiger partial charge in [0.25, 0.3) is 0 Å². The van der Waals surface area contributed by atoms with Gasteiger partial charge in [0.05, 0.1) is 11.6 Å². The van der Waals surface area contributed by atoms with Crippen LogP contribution in [-0.4, -0.2) is 21.9 Å². The topological polar surface area (TPSA) is 145 Å². The number of nitrogens with two attached hydrogens (primary N) is 3. The quantitative estimate of drug-likeness (QED) is 0.263. The van der Waals surface area contributed by atoms with Gasteiger partial charge >= 0.3 is 0 Å². The molecule has 0 aliphatic carbocycles. The lowest BCUT2D eigenvalue weighted by atomic mass is 10.1. The van der Waals surface area contributed by atoms with Crippen LogP contribution in [0.3, 0.4) is 0 Å². The third-order valence-electron chi connectivity index (χ3n) is 5.02. The van der Waals surface area contributed by atoms with Gasteiger partial charge in [-0.2, -0.15) is 0 Å². The summed E-state index contributed by atoms with van der Waals surface area (Å²) in [5.74, 6) is 0.957. The maximum Gasteiger partial charge on any atom is 0.240 e. The lowest BCUT2D eigenvalue weighted by Crippen LogP contribution is -2.37. The second kappa shape index (κ2) is 10.7. The number of amides is 1. The molecule has 0 saturated heterocycles. The summed E-state index contributed by atoms with van der Waals surface area (Å²) in [6.07, 6.45) is 4.65. The maximum atomic E-state index is 12.0. The number of carbonyl (C=O) groups excluding carboxylic acids is 1. The average Bonchev–Trinajstić information content (AvgIpc) is 2.79. The number of rotatable bonds is 8. The van der Waals surface area contributed by atoms with Crippen molar-refractivity contribution in [2.45, 2.75) is 39.8 Å². The normalized spacial score (nSPS) is 13.1. The molecule has 0 radical (unpaired) electrons. The first-order chi connectivity index (χ1) is 15.8. The Kier molecular flexibility index (Phi) is 7.76. The molecule has 1 aromatic heterocycles. The zero-order chi connectivity index (χ0) is 24.0. The third-order valence-corrected chi connectivity index (χ3v) is 5.02. The molecule has 33 heavy (non-hydrogen) atoms. The Balaban J connectivity index is 2.06. The van der Waals surface area contributed by atoms with Crippen molar-refractivity contribution in [2.24, 2.45) is 11.5 Å². The first-order valence-electron chi connectivity index (χ1n) is 10.9. The standard InChI is InChI=1S/C25H31N7O/c1-4-7-17(12-15(2)29-25(33)16(3)27)23-31-22-9-6-5-8-20(22)24(32-23)30-19-10-11-21(28)18(13-19)14-26/h5-13,16H,4,14,26-28H2,1-3H3,(H,29,33)(H,30,31,32)/b15-12+,17-7+. The predicted molar refractivity (Wildman–Crippen MR) is 135 cm³/mol. The minimum Gasteiger partial charge on any atom is -0.398 e. The van der Waals surface area contributed by atoms with Gasteiger partial charge in [0.1, 0.15) is 5.82 Å². The molecule has 3 rings (SSSR count). The van der Waals surface area contributed by atoms with E-state index in [9.17, 15) is 4.79 Å². The summed E-state index contributed by atoms with van der Waals surface area (Å²) < 4.78 is 0. The largest absolute Gasteiger partial charge is 0.398 e. The van der Waals surface area contributed by atoms with Crippen LogP contribution in [0.15, 0.2) is 60.3 Å². The number of para-hydroxylation sites is 1. The van der Waals surface area contributed by atoms with E-state index in [2.05, 4.69) is 10.6 Å². The van der Waals surface area contributed by atoms with Crippen molar-refractivity contribution >= 4 is 39.6 Å². The summed E-state index contributed by atoms with van der Waals surface area (Å²) >= 11 is 0. The number of nitrogen functional groups attached to an aromatic ring is 1. The first kappa shape index (κ1) is 23.9. The average molecular weight is 446 g/mol. The fourth-order valence-electron chi connectivity index (χ4n) is 3.31. The number of hydrogen-bond acceptors (Lipinski definition) is 7.